The highest BCUT2D eigenvalue weighted by molar-refractivity contribution is 6.33. The molecular weight excluding hydrogens is 335 g/mol. The van der Waals surface area contributed by atoms with Crippen LogP contribution >= 0.6 is 23.2 Å². The van der Waals surface area contributed by atoms with Crippen LogP contribution in [0.1, 0.15) is 6.92 Å². The van der Waals surface area contributed by atoms with E-state index in [1.165, 1.54) is 31.2 Å². The van der Waals surface area contributed by atoms with Crippen LogP contribution in [0.2, 0.25) is 10.0 Å². The third-order valence-electron chi connectivity index (χ3n) is 2.76. The Balaban J connectivity index is 2.04. The third-order valence-corrected chi connectivity index (χ3v) is 3.36. The second kappa shape index (κ2) is 6.94. The van der Waals surface area contributed by atoms with Crippen molar-refractivity contribution >= 4 is 34.8 Å². The minimum Gasteiger partial charge on any atom is -0.481 e. The van der Waals surface area contributed by atoms with Gasteiger partial charge in [0.2, 0.25) is 0 Å². The average Bonchev–Trinajstić information content (AvgIpc) is 2.45. The third kappa shape index (κ3) is 4.08. The highest BCUT2D eigenvalue weighted by Crippen LogP contribution is 2.24. The first-order valence-electron chi connectivity index (χ1n) is 6.24. The van der Waals surface area contributed by atoms with Gasteiger partial charge in [-0.1, -0.05) is 23.2 Å². The normalized spacial score (nSPS) is 11.9. The van der Waals surface area contributed by atoms with Crippen molar-refractivity contribution in [2.24, 2.45) is 0 Å². The maximum atomic E-state index is 13.0. The van der Waals surface area contributed by atoms with E-state index in [-0.39, 0.29) is 21.5 Å². The molecule has 1 atom stereocenters. The minimum absolute atomic E-state index is 0.0744. The van der Waals surface area contributed by atoms with Crippen molar-refractivity contribution in [2.45, 2.75) is 13.0 Å². The quantitative estimate of drug-likeness (QED) is 0.873. The van der Waals surface area contributed by atoms with E-state index in [0.29, 0.717) is 0 Å². The Morgan fingerprint density at radius 2 is 1.86 bits per heavy atom. The predicted octanol–water partition coefficient (Wildman–Crippen LogP) is 4.68. The number of anilines is 1. The van der Waals surface area contributed by atoms with Crippen LogP contribution < -0.4 is 10.1 Å². The van der Waals surface area contributed by atoms with Crippen LogP contribution in [-0.2, 0) is 4.79 Å². The molecule has 22 heavy (non-hydrogen) atoms. The van der Waals surface area contributed by atoms with Gasteiger partial charge < -0.3 is 10.1 Å². The van der Waals surface area contributed by atoms with Crippen molar-refractivity contribution in [3.8, 4) is 5.75 Å². The average molecular weight is 346 g/mol. The Bertz CT molecular complexity index is 710. The summed E-state index contributed by atoms with van der Waals surface area (Å²) in [5, 5.41) is 2.48. The Labute approximate surface area is 135 Å². The predicted molar refractivity (Wildman–Crippen MR) is 81.5 cm³/mol. The molecule has 3 nitrogen and oxygen atoms in total. The molecule has 2 aromatic rings. The summed E-state index contributed by atoms with van der Waals surface area (Å²) in [4.78, 5) is 12.0. The first-order valence-corrected chi connectivity index (χ1v) is 7.00. The van der Waals surface area contributed by atoms with Gasteiger partial charge in [0.1, 0.15) is 17.4 Å². The van der Waals surface area contributed by atoms with Gasteiger partial charge in [-0.05, 0) is 37.3 Å². The standard InChI is InChI=1S/C15H11Cl2F2NO2/c1-8(22-10-3-4-13(19)11(16)7-10)15(21)20-14-5-2-9(18)6-12(14)17/h2-8H,1H3,(H,20,21)/t8-/m0/s1. The van der Waals surface area contributed by atoms with Crippen LogP contribution in [0.5, 0.6) is 5.75 Å². The summed E-state index contributed by atoms with van der Waals surface area (Å²) in [5.41, 5.74) is 0.264. The Hall–Kier alpha value is -1.85. The molecule has 0 heterocycles. The van der Waals surface area contributed by atoms with Crippen molar-refractivity contribution in [1.29, 1.82) is 0 Å². The van der Waals surface area contributed by atoms with Gasteiger partial charge in [0.05, 0.1) is 15.7 Å². The van der Waals surface area contributed by atoms with E-state index < -0.39 is 23.6 Å². The summed E-state index contributed by atoms with van der Waals surface area (Å²) in [6.45, 7) is 1.50. The van der Waals surface area contributed by atoms with Gasteiger partial charge in [0, 0.05) is 6.07 Å². The molecule has 0 aliphatic carbocycles. The molecule has 0 saturated carbocycles. The lowest BCUT2D eigenvalue weighted by Gasteiger charge is -2.15. The molecule has 0 spiro atoms. The summed E-state index contributed by atoms with van der Waals surface area (Å²) in [6.07, 6.45) is -0.886. The number of rotatable bonds is 4. The largest absolute Gasteiger partial charge is 0.481 e. The summed E-state index contributed by atoms with van der Waals surface area (Å²) in [5.74, 6) is -1.33. The molecule has 7 heteroatoms. The zero-order valence-corrected chi connectivity index (χ0v) is 12.9. The number of carbonyl (C=O) groups is 1. The van der Waals surface area contributed by atoms with E-state index in [1.807, 2.05) is 0 Å². The number of ether oxygens (including phenoxy) is 1. The molecule has 0 radical (unpaired) electrons. The van der Waals surface area contributed by atoms with Gasteiger partial charge in [-0.3, -0.25) is 4.79 Å². The van der Waals surface area contributed by atoms with Gasteiger partial charge in [-0.15, -0.1) is 0 Å². The van der Waals surface area contributed by atoms with E-state index >= 15 is 0 Å². The lowest BCUT2D eigenvalue weighted by molar-refractivity contribution is -0.122. The summed E-state index contributed by atoms with van der Waals surface area (Å²) in [7, 11) is 0. The first kappa shape index (κ1) is 16.5. The number of hydrogen-bond acceptors (Lipinski definition) is 2. The fourth-order valence-electron chi connectivity index (χ4n) is 1.63. The fraction of sp³-hybridized carbons (Fsp3) is 0.133. The monoisotopic (exact) mass is 345 g/mol. The fourth-order valence-corrected chi connectivity index (χ4v) is 2.02. The molecule has 1 amide bonds. The minimum atomic E-state index is -0.886. The first-order chi connectivity index (χ1) is 10.4. The van der Waals surface area contributed by atoms with Crippen LogP contribution in [0, 0.1) is 11.6 Å². The smallest absolute Gasteiger partial charge is 0.265 e. The van der Waals surface area contributed by atoms with E-state index in [2.05, 4.69) is 5.32 Å². The SMILES string of the molecule is C[C@H](Oc1ccc(F)c(Cl)c1)C(=O)Nc1ccc(F)cc1Cl. The molecule has 0 saturated heterocycles. The van der Waals surface area contributed by atoms with Gasteiger partial charge >= 0.3 is 0 Å². The molecule has 0 aromatic heterocycles. The van der Waals surface area contributed by atoms with E-state index in [0.717, 1.165) is 12.1 Å². The molecular formula is C15H11Cl2F2NO2. The van der Waals surface area contributed by atoms with Crippen molar-refractivity contribution in [3.63, 3.8) is 0 Å². The van der Waals surface area contributed by atoms with Gasteiger partial charge in [-0.2, -0.15) is 0 Å². The van der Waals surface area contributed by atoms with Gasteiger partial charge in [-0.25, -0.2) is 8.78 Å². The van der Waals surface area contributed by atoms with Crippen molar-refractivity contribution in [2.75, 3.05) is 5.32 Å². The zero-order valence-electron chi connectivity index (χ0n) is 11.4. The molecule has 2 aromatic carbocycles. The van der Waals surface area contributed by atoms with Crippen LogP contribution in [-0.4, -0.2) is 12.0 Å². The van der Waals surface area contributed by atoms with Crippen molar-refractivity contribution in [1.82, 2.24) is 0 Å². The Kier molecular flexibility index (Phi) is 5.21. The summed E-state index contributed by atoms with van der Waals surface area (Å²) in [6, 6.07) is 7.37. The number of halogens is 4. The van der Waals surface area contributed by atoms with E-state index in [1.54, 1.807) is 0 Å². The van der Waals surface area contributed by atoms with Crippen molar-refractivity contribution in [3.05, 3.63) is 58.1 Å². The van der Waals surface area contributed by atoms with E-state index in [9.17, 15) is 13.6 Å². The van der Waals surface area contributed by atoms with Gasteiger partial charge in [0.15, 0.2) is 6.10 Å². The lowest BCUT2D eigenvalue weighted by atomic mass is 10.3. The summed E-state index contributed by atoms with van der Waals surface area (Å²) < 4.78 is 31.4. The van der Waals surface area contributed by atoms with Crippen LogP contribution in [0.15, 0.2) is 36.4 Å². The maximum Gasteiger partial charge on any atom is 0.265 e. The molecule has 2 rings (SSSR count). The van der Waals surface area contributed by atoms with Gasteiger partial charge in [0.25, 0.3) is 5.91 Å². The Morgan fingerprint density at radius 3 is 2.50 bits per heavy atom. The van der Waals surface area contributed by atoms with Crippen LogP contribution in [0.4, 0.5) is 14.5 Å². The Morgan fingerprint density at radius 1 is 1.14 bits per heavy atom. The van der Waals surface area contributed by atoms with Crippen molar-refractivity contribution < 1.29 is 18.3 Å². The molecule has 0 aliphatic heterocycles. The molecule has 0 unspecified atom stereocenters. The van der Waals surface area contributed by atoms with Crippen LogP contribution in [0.25, 0.3) is 0 Å². The summed E-state index contributed by atoms with van der Waals surface area (Å²) >= 11 is 11.5. The second-order valence-corrected chi connectivity index (χ2v) is 5.26. The highest BCUT2D eigenvalue weighted by atomic mass is 35.5. The second-order valence-electron chi connectivity index (χ2n) is 4.45. The molecule has 116 valence electrons. The van der Waals surface area contributed by atoms with Crippen LogP contribution in [0.3, 0.4) is 0 Å². The van der Waals surface area contributed by atoms with E-state index in [4.69, 9.17) is 27.9 Å². The number of carbonyl (C=O) groups excluding carboxylic acids is 1. The zero-order chi connectivity index (χ0) is 16.3. The highest BCUT2D eigenvalue weighted by Gasteiger charge is 2.17. The number of hydrogen-bond donors (Lipinski definition) is 1. The topological polar surface area (TPSA) is 38.3 Å². The molecule has 0 bridgehead atoms. The lowest BCUT2D eigenvalue weighted by Crippen LogP contribution is -2.30. The number of nitrogens with one attached hydrogen (secondary N) is 1. The molecule has 0 fully saturated rings. The number of benzene rings is 2. The molecule has 1 N–H and O–H groups in total. The maximum absolute atomic E-state index is 13.0. The number of amides is 1. The molecule has 0 aliphatic rings.